The fourth-order valence-corrected chi connectivity index (χ4v) is 2.71. The Bertz CT molecular complexity index is 378. The van der Waals surface area contributed by atoms with Gasteiger partial charge in [0.1, 0.15) is 5.82 Å². The fraction of sp³-hybridized carbons (Fsp3) is 0.571. The molecule has 88 valence electrons. The maximum atomic E-state index is 13.6. The number of halogens is 1. The van der Waals surface area contributed by atoms with Gasteiger partial charge in [-0.15, -0.1) is 0 Å². The molecule has 0 aliphatic carbocycles. The van der Waals surface area contributed by atoms with Gasteiger partial charge in [0.05, 0.1) is 0 Å². The number of hydrogen-bond donors (Lipinski definition) is 1. The van der Waals surface area contributed by atoms with Gasteiger partial charge in [-0.05, 0) is 49.4 Å². The average molecular weight is 221 g/mol. The molecule has 1 atom stereocenters. The van der Waals surface area contributed by atoms with E-state index in [0.717, 1.165) is 24.1 Å². The normalized spacial score (nSPS) is 25.3. The zero-order valence-corrected chi connectivity index (χ0v) is 10.3. The molecule has 0 spiro atoms. The Hall–Kier alpha value is -0.890. The minimum atomic E-state index is -0.0915. The van der Waals surface area contributed by atoms with Gasteiger partial charge in [-0.3, -0.25) is 0 Å². The first-order valence-electron chi connectivity index (χ1n) is 6.08. The van der Waals surface area contributed by atoms with E-state index in [-0.39, 0.29) is 11.4 Å². The molecule has 2 heteroatoms. The number of aryl methyl sites for hydroxylation is 1. The van der Waals surface area contributed by atoms with Crippen LogP contribution in [0.1, 0.15) is 37.8 Å². The molecule has 0 aromatic heterocycles. The van der Waals surface area contributed by atoms with Gasteiger partial charge >= 0.3 is 0 Å². The molecule has 1 saturated heterocycles. The Morgan fingerprint density at radius 3 is 2.62 bits per heavy atom. The summed E-state index contributed by atoms with van der Waals surface area (Å²) in [5.74, 6) is 0.392. The summed E-state index contributed by atoms with van der Waals surface area (Å²) < 4.78 is 13.6. The van der Waals surface area contributed by atoms with Crippen LogP contribution in [0.4, 0.5) is 4.39 Å². The van der Waals surface area contributed by atoms with Crippen molar-refractivity contribution in [2.45, 2.75) is 39.2 Å². The molecular formula is C14H20FN. The summed E-state index contributed by atoms with van der Waals surface area (Å²) in [6.07, 6.45) is 2.28. The Morgan fingerprint density at radius 2 is 2.12 bits per heavy atom. The van der Waals surface area contributed by atoms with E-state index in [4.69, 9.17) is 0 Å². The zero-order valence-electron chi connectivity index (χ0n) is 10.3. The molecule has 1 fully saturated rings. The van der Waals surface area contributed by atoms with E-state index >= 15 is 0 Å². The van der Waals surface area contributed by atoms with Crippen LogP contribution in [0.15, 0.2) is 18.2 Å². The molecule has 1 N–H and O–H groups in total. The maximum Gasteiger partial charge on any atom is 0.126 e. The highest BCUT2D eigenvalue weighted by Crippen LogP contribution is 2.38. The zero-order chi connectivity index (χ0) is 11.8. The minimum absolute atomic E-state index is 0.0193. The highest BCUT2D eigenvalue weighted by atomic mass is 19.1. The van der Waals surface area contributed by atoms with Crippen LogP contribution < -0.4 is 5.32 Å². The van der Waals surface area contributed by atoms with Crippen molar-refractivity contribution < 1.29 is 4.39 Å². The number of benzene rings is 1. The first-order chi connectivity index (χ1) is 7.56. The van der Waals surface area contributed by atoms with Crippen molar-refractivity contribution in [1.82, 2.24) is 5.32 Å². The van der Waals surface area contributed by atoms with Crippen molar-refractivity contribution in [3.8, 4) is 0 Å². The largest absolute Gasteiger partial charge is 0.307 e. The third-order valence-corrected chi connectivity index (χ3v) is 3.86. The lowest BCUT2D eigenvalue weighted by Crippen LogP contribution is -2.41. The molecule has 1 nitrogen and oxygen atoms in total. The van der Waals surface area contributed by atoms with E-state index in [2.05, 4.69) is 25.2 Å². The summed E-state index contributed by atoms with van der Waals surface area (Å²) in [5, 5.41) is 3.57. The predicted molar refractivity (Wildman–Crippen MR) is 64.9 cm³/mol. The summed E-state index contributed by atoms with van der Waals surface area (Å²) in [5.41, 5.74) is 1.80. The van der Waals surface area contributed by atoms with Crippen LogP contribution in [0.2, 0.25) is 0 Å². The molecule has 1 aliphatic heterocycles. The van der Waals surface area contributed by atoms with Crippen molar-refractivity contribution in [3.63, 3.8) is 0 Å². The first-order valence-corrected chi connectivity index (χ1v) is 6.08. The van der Waals surface area contributed by atoms with Gasteiger partial charge in [-0.1, -0.05) is 26.0 Å². The second-order valence-electron chi connectivity index (χ2n) is 5.12. The molecule has 0 amide bonds. The smallest absolute Gasteiger partial charge is 0.126 e. The van der Waals surface area contributed by atoms with Crippen molar-refractivity contribution in [3.05, 3.63) is 35.1 Å². The van der Waals surface area contributed by atoms with Crippen LogP contribution >= 0.6 is 0 Å². The molecule has 1 aliphatic rings. The van der Waals surface area contributed by atoms with Gasteiger partial charge in [0.25, 0.3) is 0 Å². The van der Waals surface area contributed by atoms with E-state index in [1.807, 2.05) is 13.0 Å². The van der Waals surface area contributed by atoms with E-state index < -0.39 is 0 Å². The number of rotatable bonds is 2. The molecule has 1 aromatic rings. The van der Waals surface area contributed by atoms with E-state index in [1.165, 1.54) is 6.42 Å². The number of nitrogens with one attached hydrogen (secondary N) is 1. The molecule has 0 radical (unpaired) electrons. The lowest BCUT2D eigenvalue weighted by Gasteiger charge is -2.34. The molecule has 0 bridgehead atoms. The molecule has 1 heterocycles. The monoisotopic (exact) mass is 221 g/mol. The second kappa shape index (κ2) is 4.17. The SMILES string of the molecule is Cc1ccc(C2(C(C)C)CCCN2)cc1F. The Kier molecular flexibility index (Phi) is 3.02. The molecule has 0 saturated carbocycles. The van der Waals surface area contributed by atoms with Gasteiger partial charge in [-0.2, -0.15) is 0 Å². The second-order valence-corrected chi connectivity index (χ2v) is 5.12. The van der Waals surface area contributed by atoms with Gasteiger partial charge in [0, 0.05) is 5.54 Å². The molecule has 1 unspecified atom stereocenters. The Morgan fingerprint density at radius 1 is 1.38 bits per heavy atom. The summed E-state index contributed by atoms with van der Waals surface area (Å²) in [6, 6.07) is 5.65. The van der Waals surface area contributed by atoms with Crippen molar-refractivity contribution in [2.75, 3.05) is 6.54 Å². The Balaban J connectivity index is 2.43. The molecule has 16 heavy (non-hydrogen) atoms. The van der Waals surface area contributed by atoms with Crippen LogP contribution in [0.5, 0.6) is 0 Å². The van der Waals surface area contributed by atoms with E-state index in [9.17, 15) is 4.39 Å². The Labute approximate surface area is 97.1 Å². The van der Waals surface area contributed by atoms with Crippen LogP contribution in [-0.4, -0.2) is 6.54 Å². The minimum Gasteiger partial charge on any atom is -0.307 e. The van der Waals surface area contributed by atoms with Gasteiger partial charge in [0.15, 0.2) is 0 Å². The summed E-state index contributed by atoms with van der Waals surface area (Å²) in [7, 11) is 0. The standard InChI is InChI=1S/C14H20FN/c1-10(2)14(7-4-8-16-14)12-6-5-11(3)13(15)9-12/h5-6,9-10,16H,4,7-8H2,1-3H3. The maximum absolute atomic E-state index is 13.6. The topological polar surface area (TPSA) is 12.0 Å². The number of hydrogen-bond acceptors (Lipinski definition) is 1. The molecule has 1 aromatic carbocycles. The lowest BCUT2D eigenvalue weighted by atomic mass is 9.78. The fourth-order valence-electron chi connectivity index (χ4n) is 2.71. The lowest BCUT2D eigenvalue weighted by molar-refractivity contribution is 0.276. The molecular weight excluding hydrogens is 201 g/mol. The van der Waals surface area contributed by atoms with Crippen molar-refractivity contribution in [1.29, 1.82) is 0 Å². The third kappa shape index (κ3) is 1.75. The van der Waals surface area contributed by atoms with Crippen LogP contribution in [-0.2, 0) is 5.54 Å². The van der Waals surface area contributed by atoms with E-state index in [1.54, 1.807) is 6.07 Å². The van der Waals surface area contributed by atoms with Crippen LogP contribution in [0.25, 0.3) is 0 Å². The first kappa shape index (κ1) is 11.6. The quantitative estimate of drug-likeness (QED) is 0.807. The van der Waals surface area contributed by atoms with Crippen molar-refractivity contribution >= 4 is 0 Å². The summed E-state index contributed by atoms with van der Waals surface area (Å²) in [4.78, 5) is 0. The average Bonchev–Trinajstić information content (AvgIpc) is 2.72. The van der Waals surface area contributed by atoms with Crippen molar-refractivity contribution in [2.24, 2.45) is 5.92 Å². The van der Waals surface area contributed by atoms with Gasteiger partial charge < -0.3 is 5.32 Å². The highest BCUT2D eigenvalue weighted by Gasteiger charge is 2.38. The third-order valence-electron chi connectivity index (χ3n) is 3.86. The van der Waals surface area contributed by atoms with Crippen LogP contribution in [0.3, 0.4) is 0 Å². The van der Waals surface area contributed by atoms with Crippen LogP contribution in [0, 0.1) is 18.7 Å². The molecule has 2 rings (SSSR count). The summed E-state index contributed by atoms with van der Waals surface area (Å²) >= 11 is 0. The predicted octanol–water partition coefficient (Wildman–Crippen LogP) is 3.37. The van der Waals surface area contributed by atoms with Gasteiger partial charge in [0.2, 0.25) is 0 Å². The highest BCUT2D eigenvalue weighted by molar-refractivity contribution is 5.31. The summed E-state index contributed by atoms with van der Waals surface area (Å²) in [6.45, 7) is 7.25. The van der Waals surface area contributed by atoms with Gasteiger partial charge in [-0.25, -0.2) is 4.39 Å². The van der Waals surface area contributed by atoms with E-state index in [0.29, 0.717) is 5.92 Å².